The largest absolute Gasteiger partial charge is 0.361 e. The van der Waals surface area contributed by atoms with Gasteiger partial charge < -0.3 is 10.3 Å². The van der Waals surface area contributed by atoms with Crippen LogP contribution in [-0.2, 0) is 0 Å². The van der Waals surface area contributed by atoms with Crippen molar-refractivity contribution in [1.29, 1.82) is 0 Å². The zero-order chi connectivity index (χ0) is 7.68. The van der Waals surface area contributed by atoms with Crippen molar-refractivity contribution in [2.75, 3.05) is 6.54 Å². The molecule has 1 aliphatic rings. The SMILES string of the molecule is Cc1ccc([C@H]2CCCN2)[nH]1. The predicted molar refractivity (Wildman–Crippen MR) is 45.5 cm³/mol. The topological polar surface area (TPSA) is 27.8 Å². The van der Waals surface area contributed by atoms with Crippen LogP contribution in [0, 0.1) is 6.92 Å². The van der Waals surface area contributed by atoms with Gasteiger partial charge in [-0.25, -0.2) is 0 Å². The van der Waals surface area contributed by atoms with E-state index in [1.165, 1.54) is 30.8 Å². The van der Waals surface area contributed by atoms with Crippen molar-refractivity contribution in [3.63, 3.8) is 0 Å². The van der Waals surface area contributed by atoms with Gasteiger partial charge in [-0.05, 0) is 38.4 Å². The highest BCUT2D eigenvalue weighted by molar-refractivity contribution is 5.15. The molecule has 2 rings (SSSR count). The average molecular weight is 150 g/mol. The molecule has 0 unspecified atom stereocenters. The Morgan fingerprint density at radius 3 is 2.91 bits per heavy atom. The van der Waals surface area contributed by atoms with Crippen molar-refractivity contribution in [2.24, 2.45) is 0 Å². The Balaban J connectivity index is 2.15. The molecule has 1 aromatic rings. The fourth-order valence-corrected chi connectivity index (χ4v) is 1.68. The maximum atomic E-state index is 3.45. The van der Waals surface area contributed by atoms with E-state index < -0.39 is 0 Å². The minimum absolute atomic E-state index is 0.587. The van der Waals surface area contributed by atoms with Crippen molar-refractivity contribution in [3.8, 4) is 0 Å². The molecule has 2 heteroatoms. The van der Waals surface area contributed by atoms with Crippen LogP contribution in [0.25, 0.3) is 0 Å². The van der Waals surface area contributed by atoms with Gasteiger partial charge in [0.15, 0.2) is 0 Å². The lowest BCUT2D eigenvalue weighted by molar-refractivity contribution is 0.630. The van der Waals surface area contributed by atoms with E-state index in [4.69, 9.17) is 0 Å². The van der Waals surface area contributed by atoms with Crippen LogP contribution in [-0.4, -0.2) is 11.5 Å². The van der Waals surface area contributed by atoms with E-state index in [9.17, 15) is 0 Å². The number of hydrogen-bond donors (Lipinski definition) is 2. The molecule has 1 saturated heterocycles. The molecule has 0 amide bonds. The van der Waals surface area contributed by atoms with E-state index in [1.54, 1.807) is 0 Å². The van der Waals surface area contributed by atoms with Crippen LogP contribution in [0.15, 0.2) is 12.1 Å². The van der Waals surface area contributed by atoms with Gasteiger partial charge >= 0.3 is 0 Å². The van der Waals surface area contributed by atoms with Crippen LogP contribution < -0.4 is 5.32 Å². The molecule has 0 saturated carbocycles. The molecule has 1 fully saturated rings. The van der Waals surface area contributed by atoms with Crippen molar-refractivity contribution in [1.82, 2.24) is 10.3 Å². The monoisotopic (exact) mass is 150 g/mol. The van der Waals surface area contributed by atoms with Crippen LogP contribution >= 0.6 is 0 Å². The third kappa shape index (κ3) is 1.31. The Morgan fingerprint density at radius 2 is 2.36 bits per heavy atom. The minimum atomic E-state index is 0.587. The molecule has 1 atom stereocenters. The van der Waals surface area contributed by atoms with E-state index in [-0.39, 0.29) is 0 Å². The summed E-state index contributed by atoms with van der Waals surface area (Å²) in [6, 6.07) is 4.90. The standard InChI is InChI=1S/C9H14N2/c1-7-4-5-9(11-7)8-3-2-6-10-8/h4-5,8,10-11H,2-3,6H2,1H3/t8-/m1/s1. The molecule has 1 aromatic heterocycles. The number of H-pyrrole nitrogens is 1. The predicted octanol–water partition coefficient (Wildman–Crippen LogP) is 1.75. The smallest absolute Gasteiger partial charge is 0.0473 e. The summed E-state index contributed by atoms with van der Waals surface area (Å²) in [5.74, 6) is 0. The van der Waals surface area contributed by atoms with Gasteiger partial charge in [-0.3, -0.25) is 0 Å². The number of nitrogens with one attached hydrogen (secondary N) is 2. The fourth-order valence-electron chi connectivity index (χ4n) is 1.68. The molecule has 0 spiro atoms. The summed E-state index contributed by atoms with van der Waals surface area (Å²) in [6.07, 6.45) is 2.59. The second-order valence-electron chi connectivity index (χ2n) is 3.25. The van der Waals surface area contributed by atoms with E-state index in [2.05, 4.69) is 29.4 Å². The molecule has 0 aromatic carbocycles. The number of rotatable bonds is 1. The van der Waals surface area contributed by atoms with E-state index >= 15 is 0 Å². The summed E-state index contributed by atoms with van der Waals surface area (Å²) < 4.78 is 0. The van der Waals surface area contributed by atoms with Crippen molar-refractivity contribution in [2.45, 2.75) is 25.8 Å². The third-order valence-corrected chi connectivity index (χ3v) is 2.29. The van der Waals surface area contributed by atoms with Gasteiger partial charge in [-0.2, -0.15) is 0 Å². The Morgan fingerprint density at radius 1 is 1.45 bits per heavy atom. The van der Waals surface area contributed by atoms with Gasteiger partial charge in [0.05, 0.1) is 0 Å². The van der Waals surface area contributed by atoms with Gasteiger partial charge in [0, 0.05) is 17.4 Å². The molecule has 1 aliphatic heterocycles. The molecule has 60 valence electrons. The summed E-state index contributed by atoms with van der Waals surface area (Å²) >= 11 is 0. The molecular formula is C9H14N2. The number of aryl methyl sites for hydroxylation is 1. The van der Waals surface area contributed by atoms with Crippen molar-refractivity contribution >= 4 is 0 Å². The molecule has 11 heavy (non-hydrogen) atoms. The minimum Gasteiger partial charge on any atom is -0.361 e. The Labute approximate surface area is 67.0 Å². The molecular weight excluding hydrogens is 136 g/mol. The first-order valence-corrected chi connectivity index (χ1v) is 4.25. The summed E-state index contributed by atoms with van der Waals surface area (Å²) in [7, 11) is 0. The molecule has 2 nitrogen and oxygen atoms in total. The summed E-state index contributed by atoms with van der Waals surface area (Å²) in [5.41, 5.74) is 2.61. The summed E-state index contributed by atoms with van der Waals surface area (Å²) in [5, 5.41) is 3.45. The van der Waals surface area contributed by atoms with Gasteiger partial charge in [0.1, 0.15) is 0 Å². The highest BCUT2D eigenvalue weighted by Crippen LogP contribution is 2.21. The van der Waals surface area contributed by atoms with Crippen molar-refractivity contribution in [3.05, 3.63) is 23.5 Å². The zero-order valence-electron chi connectivity index (χ0n) is 6.85. The highest BCUT2D eigenvalue weighted by atomic mass is 15.0. The Hall–Kier alpha value is -0.760. The number of aromatic nitrogens is 1. The molecule has 2 heterocycles. The normalized spacial score (nSPS) is 24.3. The lowest BCUT2D eigenvalue weighted by atomic mass is 10.2. The van der Waals surface area contributed by atoms with E-state index in [1.807, 2.05) is 0 Å². The number of aromatic amines is 1. The maximum absolute atomic E-state index is 3.45. The highest BCUT2D eigenvalue weighted by Gasteiger charge is 2.16. The zero-order valence-corrected chi connectivity index (χ0v) is 6.85. The summed E-state index contributed by atoms with van der Waals surface area (Å²) in [6.45, 7) is 3.27. The molecule has 0 radical (unpaired) electrons. The second kappa shape index (κ2) is 2.70. The first-order valence-electron chi connectivity index (χ1n) is 4.25. The Bertz CT molecular complexity index is 233. The second-order valence-corrected chi connectivity index (χ2v) is 3.25. The fraction of sp³-hybridized carbons (Fsp3) is 0.556. The lowest BCUT2D eigenvalue weighted by Gasteiger charge is -2.06. The van der Waals surface area contributed by atoms with Gasteiger partial charge in [0.25, 0.3) is 0 Å². The lowest BCUT2D eigenvalue weighted by Crippen LogP contribution is -2.12. The van der Waals surface area contributed by atoms with Crippen LogP contribution in [0.3, 0.4) is 0 Å². The summed E-state index contributed by atoms with van der Waals surface area (Å²) in [4.78, 5) is 3.36. The first-order chi connectivity index (χ1) is 5.36. The van der Waals surface area contributed by atoms with Crippen LogP contribution in [0.5, 0.6) is 0 Å². The van der Waals surface area contributed by atoms with Gasteiger partial charge in [0.2, 0.25) is 0 Å². The van der Waals surface area contributed by atoms with Gasteiger partial charge in [-0.1, -0.05) is 0 Å². The maximum Gasteiger partial charge on any atom is 0.0473 e. The van der Waals surface area contributed by atoms with E-state index in [0.717, 1.165) is 0 Å². The van der Waals surface area contributed by atoms with E-state index in [0.29, 0.717) is 6.04 Å². The quantitative estimate of drug-likeness (QED) is 0.627. The van der Waals surface area contributed by atoms with Crippen LogP contribution in [0.4, 0.5) is 0 Å². The molecule has 2 N–H and O–H groups in total. The van der Waals surface area contributed by atoms with Crippen LogP contribution in [0.1, 0.15) is 30.3 Å². The van der Waals surface area contributed by atoms with Crippen molar-refractivity contribution < 1.29 is 0 Å². The molecule has 0 bridgehead atoms. The number of hydrogen-bond acceptors (Lipinski definition) is 1. The third-order valence-electron chi connectivity index (χ3n) is 2.29. The first kappa shape index (κ1) is 6.92. The Kier molecular flexibility index (Phi) is 1.70. The van der Waals surface area contributed by atoms with Crippen LogP contribution in [0.2, 0.25) is 0 Å². The average Bonchev–Trinajstić information content (AvgIpc) is 2.55. The van der Waals surface area contributed by atoms with Gasteiger partial charge in [-0.15, -0.1) is 0 Å². The molecule has 0 aliphatic carbocycles.